The molecule has 2 aromatic carbocycles. The maximum Gasteiger partial charge on any atom is 0.227 e. The number of amides is 1. The summed E-state index contributed by atoms with van der Waals surface area (Å²) in [5.41, 5.74) is 3.34. The van der Waals surface area contributed by atoms with Gasteiger partial charge in [0.2, 0.25) is 11.8 Å². The minimum absolute atomic E-state index is 0.126. The second-order valence-electron chi connectivity index (χ2n) is 5.68. The number of oxazole rings is 1. The predicted molar refractivity (Wildman–Crippen MR) is 85.4 cm³/mol. The monoisotopic (exact) mass is 292 g/mol. The molecule has 1 aliphatic rings. The van der Waals surface area contributed by atoms with E-state index in [0.717, 1.165) is 41.6 Å². The van der Waals surface area contributed by atoms with Crippen LogP contribution >= 0.6 is 0 Å². The van der Waals surface area contributed by atoms with Crippen LogP contribution in [-0.4, -0.2) is 10.9 Å². The molecule has 1 N–H and O–H groups in total. The first-order valence-electron chi connectivity index (χ1n) is 7.56. The fourth-order valence-electron chi connectivity index (χ4n) is 2.61. The number of nitrogens with zero attached hydrogens (tertiary/aromatic N) is 1. The minimum Gasteiger partial charge on any atom is -0.436 e. The van der Waals surface area contributed by atoms with Gasteiger partial charge >= 0.3 is 0 Å². The molecule has 1 aliphatic carbocycles. The highest BCUT2D eigenvalue weighted by Crippen LogP contribution is 2.28. The summed E-state index contributed by atoms with van der Waals surface area (Å²) < 4.78 is 5.74. The first-order chi connectivity index (χ1) is 10.8. The lowest BCUT2D eigenvalue weighted by molar-refractivity contribution is -0.122. The van der Waals surface area contributed by atoms with E-state index < -0.39 is 0 Å². The number of fused-ring (bicyclic) bond motifs is 1. The predicted octanol–water partition coefficient (Wildman–Crippen LogP) is 4.23. The Kier molecular flexibility index (Phi) is 3.15. The fraction of sp³-hybridized carbons (Fsp3) is 0.222. The quantitative estimate of drug-likeness (QED) is 0.785. The average molecular weight is 292 g/mol. The van der Waals surface area contributed by atoms with E-state index in [9.17, 15) is 4.79 Å². The van der Waals surface area contributed by atoms with Crippen LogP contribution < -0.4 is 5.32 Å². The molecule has 1 aromatic heterocycles. The van der Waals surface area contributed by atoms with Crippen LogP contribution in [0.5, 0.6) is 0 Å². The molecular weight excluding hydrogens is 276 g/mol. The van der Waals surface area contributed by atoms with Crippen molar-refractivity contribution in [1.29, 1.82) is 0 Å². The summed E-state index contributed by atoms with van der Waals surface area (Å²) in [4.78, 5) is 16.4. The zero-order chi connectivity index (χ0) is 14.9. The number of hydrogen-bond acceptors (Lipinski definition) is 3. The summed E-state index contributed by atoms with van der Waals surface area (Å²) in [5, 5.41) is 2.96. The number of carbonyl (C=O) groups is 1. The highest BCUT2D eigenvalue weighted by Gasteiger charge is 2.25. The van der Waals surface area contributed by atoms with Gasteiger partial charge in [0, 0.05) is 17.2 Å². The van der Waals surface area contributed by atoms with Crippen LogP contribution in [0.25, 0.3) is 22.6 Å². The molecule has 4 heteroatoms. The van der Waals surface area contributed by atoms with Gasteiger partial charge in [0.1, 0.15) is 5.52 Å². The van der Waals surface area contributed by atoms with Gasteiger partial charge in [-0.25, -0.2) is 4.98 Å². The molecule has 0 aliphatic heterocycles. The zero-order valence-corrected chi connectivity index (χ0v) is 12.1. The number of rotatable bonds is 3. The number of nitrogens with one attached hydrogen (secondary N) is 1. The van der Waals surface area contributed by atoms with E-state index in [1.807, 2.05) is 48.5 Å². The largest absolute Gasteiger partial charge is 0.436 e. The molecule has 110 valence electrons. The topological polar surface area (TPSA) is 55.1 Å². The van der Waals surface area contributed by atoms with Crippen molar-refractivity contribution in [3.8, 4) is 11.5 Å². The molecule has 3 aromatic rings. The van der Waals surface area contributed by atoms with Gasteiger partial charge in [-0.05, 0) is 49.2 Å². The third kappa shape index (κ3) is 2.37. The SMILES string of the molecule is O=C(Nc1ccc(-c2nc3ccccc3o2)cc1)C1CCC1. The van der Waals surface area contributed by atoms with Crippen molar-refractivity contribution in [2.24, 2.45) is 5.92 Å². The maximum atomic E-state index is 11.9. The standard InChI is InChI=1S/C18H16N2O2/c21-17(12-4-3-5-12)19-14-10-8-13(9-11-14)18-20-15-6-1-2-7-16(15)22-18/h1-2,6-12H,3-5H2,(H,19,21). The van der Waals surface area contributed by atoms with Gasteiger partial charge in [0.25, 0.3) is 0 Å². The summed E-state index contributed by atoms with van der Waals surface area (Å²) in [7, 11) is 0. The molecule has 0 unspecified atom stereocenters. The van der Waals surface area contributed by atoms with E-state index in [1.165, 1.54) is 0 Å². The molecule has 1 saturated carbocycles. The number of anilines is 1. The summed E-state index contributed by atoms with van der Waals surface area (Å²) in [5.74, 6) is 0.913. The Morgan fingerprint density at radius 1 is 1.09 bits per heavy atom. The lowest BCUT2D eigenvalue weighted by Crippen LogP contribution is -2.27. The van der Waals surface area contributed by atoms with E-state index in [-0.39, 0.29) is 11.8 Å². The number of para-hydroxylation sites is 2. The van der Waals surface area contributed by atoms with Crippen LogP contribution in [0.3, 0.4) is 0 Å². The van der Waals surface area contributed by atoms with Crippen LogP contribution in [0, 0.1) is 5.92 Å². The van der Waals surface area contributed by atoms with Gasteiger partial charge in [-0.3, -0.25) is 4.79 Å². The molecule has 4 nitrogen and oxygen atoms in total. The molecule has 1 heterocycles. The molecular formula is C18H16N2O2. The summed E-state index contributed by atoms with van der Waals surface area (Å²) in [6.07, 6.45) is 3.17. The van der Waals surface area contributed by atoms with Crippen molar-refractivity contribution in [2.75, 3.05) is 5.32 Å². The van der Waals surface area contributed by atoms with Crippen LogP contribution in [0.1, 0.15) is 19.3 Å². The van der Waals surface area contributed by atoms with Crippen LogP contribution in [0.4, 0.5) is 5.69 Å². The fourth-order valence-corrected chi connectivity index (χ4v) is 2.61. The Labute approximate surface area is 128 Å². The van der Waals surface area contributed by atoms with E-state index in [4.69, 9.17) is 4.42 Å². The van der Waals surface area contributed by atoms with E-state index in [0.29, 0.717) is 5.89 Å². The van der Waals surface area contributed by atoms with E-state index >= 15 is 0 Å². The van der Waals surface area contributed by atoms with Crippen LogP contribution in [-0.2, 0) is 4.79 Å². The normalized spacial score (nSPS) is 14.7. The van der Waals surface area contributed by atoms with Gasteiger partial charge in [0.05, 0.1) is 0 Å². The smallest absolute Gasteiger partial charge is 0.227 e. The van der Waals surface area contributed by atoms with Gasteiger partial charge in [-0.15, -0.1) is 0 Å². The van der Waals surface area contributed by atoms with Gasteiger partial charge in [-0.2, -0.15) is 0 Å². The molecule has 0 saturated heterocycles. The molecule has 0 radical (unpaired) electrons. The van der Waals surface area contributed by atoms with Gasteiger partial charge in [-0.1, -0.05) is 18.6 Å². The third-order valence-electron chi connectivity index (χ3n) is 4.17. The maximum absolute atomic E-state index is 11.9. The summed E-state index contributed by atoms with van der Waals surface area (Å²) in [6, 6.07) is 15.3. The Morgan fingerprint density at radius 3 is 2.55 bits per heavy atom. The molecule has 22 heavy (non-hydrogen) atoms. The summed E-state index contributed by atoms with van der Waals surface area (Å²) in [6.45, 7) is 0. The first-order valence-corrected chi connectivity index (χ1v) is 7.56. The first kappa shape index (κ1) is 13.1. The van der Waals surface area contributed by atoms with E-state index in [1.54, 1.807) is 0 Å². The minimum atomic E-state index is 0.126. The van der Waals surface area contributed by atoms with Crippen molar-refractivity contribution in [3.63, 3.8) is 0 Å². The Hall–Kier alpha value is -2.62. The number of aromatic nitrogens is 1. The Bertz CT molecular complexity index is 783. The third-order valence-corrected chi connectivity index (χ3v) is 4.17. The van der Waals surface area contributed by atoms with Crippen molar-refractivity contribution < 1.29 is 9.21 Å². The summed E-state index contributed by atoms with van der Waals surface area (Å²) >= 11 is 0. The lowest BCUT2D eigenvalue weighted by Gasteiger charge is -2.24. The van der Waals surface area contributed by atoms with Crippen molar-refractivity contribution >= 4 is 22.7 Å². The van der Waals surface area contributed by atoms with Crippen molar-refractivity contribution in [3.05, 3.63) is 48.5 Å². The number of hydrogen-bond donors (Lipinski definition) is 1. The van der Waals surface area contributed by atoms with Crippen molar-refractivity contribution in [1.82, 2.24) is 4.98 Å². The van der Waals surface area contributed by atoms with Crippen molar-refractivity contribution in [2.45, 2.75) is 19.3 Å². The molecule has 0 atom stereocenters. The molecule has 0 spiro atoms. The second kappa shape index (κ2) is 5.30. The number of benzene rings is 2. The van der Waals surface area contributed by atoms with Crippen LogP contribution in [0.15, 0.2) is 52.9 Å². The number of carbonyl (C=O) groups excluding carboxylic acids is 1. The van der Waals surface area contributed by atoms with E-state index in [2.05, 4.69) is 10.3 Å². The highest BCUT2D eigenvalue weighted by molar-refractivity contribution is 5.93. The lowest BCUT2D eigenvalue weighted by atomic mass is 9.85. The average Bonchev–Trinajstić information content (AvgIpc) is 2.90. The van der Waals surface area contributed by atoms with Gasteiger partial charge in [0.15, 0.2) is 5.58 Å². The second-order valence-corrected chi connectivity index (χ2v) is 5.68. The highest BCUT2D eigenvalue weighted by atomic mass is 16.3. The Morgan fingerprint density at radius 2 is 1.86 bits per heavy atom. The zero-order valence-electron chi connectivity index (χ0n) is 12.1. The molecule has 1 fully saturated rings. The van der Waals surface area contributed by atoms with Gasteiger partial charge < -0.3 is 9.73 Å². The molecule has 4 rings (SSSR count). The van der Waals surface area contributed by atoms with Crippen LogP contribution in [0.2, 0.25) is 0 Å². The molecule has 0 bridgehead atoms. The Balaban J connectivity index is 1.54. The molecule has 1 amide bonds.